The van der Waals surface area contributed by atoms with Crippen LogP contribution in [0, 0.1) is 5.41 Å². The van der Waals surface area contributed by atoms with Gasteiger partial charge in [-0.2, -0.15) is 0 Å². The third-order valence-corrected chi connectivity index (χ3v) is 7.90. The highest BCUT2D eigenvalue weighted by molar-refractivity contribution is 5.92. The van der Waals surface area contributed by atoms with Gasteiger partial charge in [0.15, 0.2) is 5.76 Å². The number of hydrogen-bond acceptors (Lipinski definition) is 5. The van der Waals surface area contributed by atoms with E-state index in [2.05, 4.69) is 41.4 Å². The summed E-state index contributed by atoms with van der Waals surface area (Å²) in [6, 6.07) is 13.3. The number of carbonyl (C=O) groups excluding carboxylic acids is 1. The zero-order valence-corrected chi connectivity index (χ0v) is 19.8. The summed E-state index contributed by atoms with van der Waals surface area (Å²) in [7, 11) is 0. The molecule has 1 atom stereocenters. The smallest absolute Gasteiger partial charge is 0.289 e. The Morgan fingerprint density at radius 3 is 2.67 bits per heavy atom. The summed E-state index contributed by atoms with van der Waals surface area (Å²) in [5.41, 5.74) is 3.30. The highest BCUT2D eigenvalue weighted by Crippen LogP contribution is 2.44. The molecule has 5 rings (SSSR count). The van der Waals surface area contributed by atoms with Crippen molar-refractivity contribution in [2.45, 2.75) is 70.7 Å². The summed E-state index contributed by atoms with van der Waals surface area (Å²) in [6.07, 6.45) is 7.16. The third-order valence-electron chi connectivity index (χ3n) is 7.90. The molecule has 1 saturated carbocycles. The van der Waals surface area contributed by atoms with Gasteiger partial charge in [0.05, 0.1) is 0 Å². The second-order valence-electron chi connectivity index (χ2n) is 10.5. The topological polar surface area (TPSA) is 69.0 Å². The minimum Gasteiger partial charge on any atom is -0.453 e. The monoisotopic (exact) mass is 451 g/mol. The van der Waals surface area contributed by atoms with Gasteiger partial charge < -0.3 is 19.7 Å². The van der Waals surface area contributed by atoms with Crippen LogP contribution in [0.4, 0.5) is 0 Å². The summed E-state index contributed by atoms with van der Waals surface area (Å²) < 4.78 is 5.42. The number of aliphatic hydroxyl groups is 1. The van der Waals surface area contributed by atoms with Gasteiger partial charge in [-0.25, -0.2) is 0 Å². The number of nitrogens with one attached hydrogen (secondary N) is 1. The number of aryl methyl sites for hydroxylation is 1. The van der Waals surface area contributed by atoms with Crippen molar-refractivity contribution in [2.24, 2.45) is 5.41 Å². The lowest BCUT2D eigenvalue weighted by molar-refractivity contribution is -0.0227. The molecule has 0 radical (unpaired) electrons. The van der Waals surface area contributed by atoms with E-state index in [0.29, 0.717) is 23.6 Å². The standard InChI is InChI=1S/C27H37N3O3/c1-20(15-29-14-4-7-21-5-2-3-6-22(21)16-29)28-23-10-12-27(13-11-23)18-30(19-27)26(32)25-9-8-24(17-31)33-25/h2-3,5-6,8-9,20,23,28,31H,4,7,10-19H2,1H3. The van der Waals surface area contributed by atoms with Crippen molar-refractivity contribution in [1.82, 2.24) is 15.1 Å². The molecule has 1 amide bonds. The molecule has 1 unspecified atom stereocenters. The lowest BCUT2D eigenvalue weighted by Gasteiger charge is -2.53. The van der Waals surface area contributed by atoms with Gasteiger partial charge in [0.2, 0.25) is 0 Å². The summed E-state index contributed by atoms with van der Waals surface area (Å²) in [5, 5.41) is 13.0. The summed E-state index contributed by atoms with van der Waals surface area (Å²) in [6.45, 7) is 7.15. The van der Waals surface area contributed by atoms with Crippen molar-refractivity contribution in [3.8, 4) is 0 Å². The van der Waals surface area contributed by atoms with E-state index in [0.717, 1.165) is 26.2 Å². The fourth-order valence-electron chi connectivity index (χ4n) is 6.12. The first kappa shape index (κ1) is 22.6. The molecule has 6 nitrogen and oxygen atoms in total. The summed E-state index contributed by atoms with van der Waals surface area (Å²) in [5.74, 6) is 0.737. The molecule has 1 spiro atoms. The molecule has 2 aromatic rings. The Labute approximate surface area is 196 Å². The van der Waals surface area contributed by atoms with Crippen LogP contribution in [0.15, 0.2) is 40.8 Å². The van der Waals surface area contributed by atoms with Crippen molar-refractivity contribution in [3.63, 3.8) is 0 Å². The van der Waals surface area contributed by atoms with Crippen molar-refractivity contribution < 1.29 is 14.3 Å². The highest BCUT2D eigenvalue weighted by atomic mass is 16.4. The Hall–Kier alpha value is -2.15. The first-order valence-electron chi connectivity index (χ1n) is 12.6. The van der Waals surface area contributed by atoms with Gasteiger partial charge >= 0.3 is 0 Å². The van der Waals surface area contributed by atoms with Gasteiger partial charge in [-0.1, -0.05) is 24.3 Å². The largest absolute Gasteiger partial charge is 0.453 e. The Morgan fingerprint density at radius 2 is 1.94 bits per heavy atom. The lowest BCUT2D eigenvalue weighted by atomic mass is 9.67. The number of aliphatic hydroxyl groups excluding tert-OH is 1. The number of fused-ring (bicyclic) bond motifs is 1. The van der Waals surface area contributed by atoms with E-state index in [4.69, 9.17) is 9.52 Å². The van der Waals surface area contributed by atoms with Crippen LogP contribution in [0.2, 0.25) is 0 Å². The maximum atomic E-state index is 12.6. The Balaban J connectivity index is 1.06. The summed E-state index contributed by atoms with van der Waals surface area (Å²) >= 11 is 0. The van der Waals surface area contributed by atoms with Crippen LogP contribution < -0.4 is 5.32 Å². The molecular formula is C27H37N3O3. The zero-order chi connectivity index (χ0) is 22.8. The number of likely N-dealkylation sites (tertiary alicyclic amines) is 1. The van der Waals surface area contributed by atoms with Gasteiger partial charge in [-0.15, -0.1) is 0 Å². The first-order valence-corrected chi connectivity index (χ1v) is 12.6. The van der Waals surface area contributed by atoms with E-state index in [-0.39, 0.29) is 17.9 Å². The zero-order valence-electron chi connectivity index (χ0n) is 19.8. The summed E-state index contributed by atoms with van der Waals surface area (Å²) in [4.78, 5) is 17.1. The van der Waals surface area contributed by atoms with Gasteiger partial charge in [-0.3, -0.25) is 9.69 Å². The molecule has 33 heavy (non-hydrogen) atoms. The molecule has 3 aliphatic rings. The van der Waals surface area contributed by atoms with Gasteiger partial charge in [0.25, 0.3) is 5.91 Å². The Bertz CT molecular complexity index is 955. The van der Waals surface area contributed by atoms with Crippen LogP contribution in [0.5, 0.6) is 0 Å². The number of nitrogens with zero attached hydrogens (tertiary/aromatic N) is 2. The van der Waals surface area contributed by atoms with Crippen molar-refractivity contribution in [1.29, 1.82) is 0 Å². The van der Waals surface area contributed by atoms with E-state index < -0.39 is 0 Å². The Kier molecular flexibility index (Phi) is 6.59. The number of amides is 1. The van der Waals surface area contributed by atoms with Crippen LogP contribution in [-0.4, -0.2) is 59.1 Å². The molecule has 1 saturated heterocycles. The molecule has 1 aromatic heterocycles. The van der Waals surface area contributed by atoms with Gasteiger partial charge in [-0.05, 0) is 75.3 Å². The predicted molar refractivity (Wildman–Crippen MR) is 128 cm³/mol. The maximum absolute atomic E-state index is 12.6. The first-order chi connectivity index (χ1) is 16.0. The lowest BCUT2D eigenvalue weighted by Crippen LogP contribution is -2.60. The average molecular weight is 452 g/mol. The molecule has 6 heteroatoms. The second kappa shape index (κ2) is 9.61. The van der Waals surface area contributed by atoms with Crippen molar-refractivity contribution in [3.05, 3.63) is 59.0 Å². The Morgan fingerprint density at radius 1 is 1.18 bits per heavy atom. The van der Waals surface area contributed by atoms with Crippen LogP contribution in [0.25, 0.3) is 0 Å². The van der Waals surface area contributed by atoms with Crippen LogP contribution in [0.1, 0.15) is 66.5 Å². The predicted octanol–water partition coefficient (Wildman–Crippen LogP) is 3.58. The number of carbonyl (C=O) groups is 1. The van der Waals surface area contributed by atoms with E-state index in [1.165, 1.54) is 56.2 Å². The fraction of sp³-hybridized carbons (Fsp3) is 0.593. The van der Waals surface area contributed by atoms with Gasteiger partial charge in [0.1, 0.15) is 12.4 Å². The van der Waals surface area contributed by atoms with Crippen LogP contribution in [0.3, 0.4) is 0 Å². The average Bonchev–Trinajstić information content (AvgIpc) is 3.19. The normalized spacial score (nSPS) is 21.9. The minimum atomic E-state index is -0.172. The fourth-order valence-corrected chi connectivity index (χ4v) is 6.12. The molecule has 2 N–H and O–H groups in total. The van der Waals surface area contributed by atoms with E-state index in [1.807, 2.05) is 4.90 Å². The van der Waals surface area contributed by atoms with Crippen LogP contribution in [-0.2, 0) is 19.6 Å². The van der Waals surface area contributed by atoms with Crippen molar-refractivity contribution >= 4 is 5.91 Å². The second-order valence-corrected chi connectivity index (χ2v) is 10.5. The maximum Gasteiger partial charge on any atom is 0.289 e. The quantitative estimate of drug-likeness (QED) is 0.703. The number of hydrogen-bond donors (Lipinski definition) is 2. The molecule has 1 aliphatic carbocycles. The molecule has 2 aliphatic heterocycles. The molecule has 3 heterocycles. The van der Waals surface area contributed by atoms with Gasteiger partial charge in [0, 0.05) is 43.7 Å². The molecular weight excluding hydrogens is 414 g/mol. The number of rotatable bonds is 6. The minimum absolute atomic E-state index is 0.0479. The van der Waals surface area contributed by atoms with E-state index in [1.54, 1.807) is 12.1 Å². The highest BCUT2D eigenvalue weighted by Gasteiger charge is 2.47. The molecule has 0 bridgehead atoms. The van der Waals surface area contributed by atoms with E-state index in [9.17, 15) is 4.79 Å². The molecule has 1 aromatic carbocycles. The van der Waals surface area contributed by atoms with Crippen LogP contribution >= 0.6 is 0 Å². The number of furan rings is 1. The molecule has 2 fully saturated rings. The van der Waals surface area contributed by atoms with E-state index >= 15 is 0 Å². The third kappa shape index (κ3) is 5.03. The number of benzene rings is 1. The van der Waals surface area contributed by atoms with Crippen molar-refractivity contribution in [2.75, 3.05) is 26.2 Å². The SMILES string of the molecule is CC(CN1CCCc2ccccc2C1)NC1CCC2(CC1)CN(C(=O)c1ccc(CO)o1)C2. The molecule has 178 valence electrons.